The van der Waals surface area contributed by atoms with Crippen LogP contribution < -0.4 is 9.40 Å². The summed E-state index contributed by atoms with van der Waals surface area (Å²) >= 11 is 1.48. The lowest BCUT2D eigenvalue weighted by Crippen LogP contribution is -2.29. The van der Waals surface area contributed by atoms with E-state index in [1.807, 2.05) is 55.8 Å². The molecule has 1 atom stereocenters. The van der Waals surface area contributed by atoms with E-state index in [2.05, 4.69) is 0 Å². The molecule has 0 amide bonds. The highest BCUT2D eigenvalue weighted by atomic mass is 32.2. The van der Waals surface area contributed by atoms with Crippen LogP contribution in [0.3, 0.4) is 0 Å². The molecule has 4 aromatic rings. The Bertz CT molecular complexity index is 2260. The van der Waals surface area contributed by atoms with Gasteiger partial charge in [-0.15, -0.1) is 4.73 Å². The number of rotatable bonds is 13. The lowest BCUT2D eigenvalue weighted by atomic mass is 9.80. The van der Waals surface area contributed by atoms with E-state index in [4.69, 9.17) is 4.84 Å². The topological polar surface area (TPSA) is 167 Å². The van der Waals surface area contributed by atoms with E-state index >= 15 is 0 Å². The van der Waals surface area contributed by atoms with Crippen LogP contribution in [0, 0.1) is 0 Å². The van der Waals surface area contributed by atoms with E-state index in [9.17, 15) is 36.4 Å². The first-order valence-electron chi connectivity index (χ1n) is 16.3. The largest absolute Gasteiger partial charge is 0.492 e. The first kappa shape index (κ1) is 38.0. The zero-order valence-corrected chi connectivity index (χ0v) is 31.4. The zero-order valence-electron chi connectivity index (χ0n) is 29.0. The van der Waals surface area contributed by atoms with Gasteiger partial charge < -0.3 is 15.1 Å². The number of aromatic hydroxyl groups is 2. The van der Waals surface area contributed by atoms with Crippen molar-refractivity contribution in [3.8, 4) is 11.8 Å². The molecule has 2 heterocycles. The molecule has 0 bridgehead atoms. The third-order valence-electron chi connectivity index (χ3n) is 9.19. The Kier molecular flexibility index (Phi) is 11.0. The molecule has 0 saturated heterocycles. The molecule has 1 aliphatic carbocycles. The predicted molar refractivity (Wildman–Crippen MR) is 195 cm³/mol. The smallest absolute Gasteiger partial charge is 0.333 e. The molecule has 5 rings (SSSR count). The van der Waals surface area contributed by atoms with Crippen molar-refractivity contribution in [2.45, 2.75) is 67.1 Å². The van der Waals surface area contributed by atoms with E-state index < -0.39 is 31.5 Å². The van der Waals surface area contributed by atoms with Gasteiger partial charge in [-0.2, -0.15) is 13.0 Å². The van der Waals surface area contributed by atoms with Crippen LogP contribution in [0.2, 0.25) is 0 Å². The number of hydrogen-bond donors (Lipinski definition) is 3. The molecular formula is C36H42N3O9S3+. The van der Waals surface area contributed by atoms with Gasteiger partial charge in [0, 0.05) is 56.1 Å². The first-order chi connectivity index (χ1) is 23.9. The van der Waals surface area contributed by atoms with Crippen LogP contribution in [0.5, 0.6) is 11.8 Å². The molecule has 12 nitrogen and oxygen atoms in total. The molecule has 15 heteroatoms. The summed E-state index contributed by atoms with van der Waals surface area (Å²) in [5.74, 6) is -1.39. The number of unbranched alkanes of at least 4 members (excludes halogenated alkanes) is 2. The number of allylic oxidation sites excluding steroid dienone is 5. The van der Waals surface area contributed by atoms with Crippen molar-refractivity contribution in [3.63, 3.8) is 0 Å². The monoisotopic (exact) mass is 756 g/mol. The van der Waals surface area contributed by atoms with Gasteiger partial charge >= 0.3 is 5.97 Å². The number of hydrogen-bond acceptors (Lipinski definition) is 9. The average molecular weight is 757 g/mol. The summed E-state index contributed by atoms with van der Waals surface area (Å²) in [6, 6.07) is 12.3. The zero-order chi connectivity index (χ0) is 37.3. The lowest BCUT2D eigenvalue weighted by Gasteiger charge is -2.24. The number of benzene rings is 2. The van der Waals surface area contributed by atoms with Crippen LogP contribution in [0.1, 0.15) is 68.0 Å². The van der Waals surface area contributed by atoms with Gasteiger partial charge in [-0.05, 0) is 48.2 Å². The summed E-state index contributed by atoms with van der Waals surface area (Å²) in [6.45, 7) is 4.05. The Balaban J connectivity index is 1.32. The maximum absolute atomic E-state index is 12.6. The molecule has 1 aliphatic rings. The number of carbonyl (C=O) groups excluding carboxylic acids is 1. The summed E-state index contributed by atoms with van der Waals surface area (Å²) in [5.41, 5.74) is 3.25. The molecule has 0 saturated carbocycles. The standard InChI is InChI=1S/C36H41N3O9S3/c1-36(2)28(13-9-7-10-14-34-38(5)30-19-17-24(23-31(30)49-34)50(43,44)37(3)4)26(27-18-16-25(22-29(27)36)51(45,46)47)12-8-6-11-15-35(42)48-39-32(40)20-21-33(39)41/h7,9-10,13-14,16-23,26H,6,8,11-12,15H2,1-5H3,(H2-,40,41,45,46,47)/p+1. The Hall–Kier alpha value is -4.28. The summed E-state index contributed by atoms with van der Waals surface area (Å²) in [5, 5.41) is 20.3. The molecule has 0 fully saturated rings. The van der Waals surface area contributed by atoms with Gasteiger partial charge in [0.15, 0.2) is 0 Å². The number of carbonyl (C=O) groups is 1. The quantitative estimate of drug-likeness (QED) is 0.0680. The van der Waals surface area contributed by atoms with Crippen molar-refractivity contribution in [1.29, 1.82) is 0 Å². The van der Waals surface area contributed by atoms with Gasteiger partial charge in [-0.1, -0.05) is 74.0 Å². The maximum Gasteiger partial charge on any atom is 0.333 e. The van der Waals surface area contributed by atoms with Crippen molar-refractivity contribution in [1.82, 2.24) is 9.04 Å². The normalized spacial score (nSPS) is 17.0. The molecule has 0 aliphatic heterocycles. The van der Waals surface area contributed by atoms with Crippen molar-refractivity contribution in [2.24, 2.45) is 7.05 Å². The summed E-state index contributed by atoms with van der Waals surface area (Å²) < 4.78 is 63.7. The third kappa shape index (κ3) is 7.97. The number of fused-ring (bicyclic) bond motifs is 2. The van der Waals surface area contributed by atoms with Crippen LogP contribution in [-0.2, 0) is 37.4 Å². The fourth-order valence-corrected chi connectivity index (χ4v) is 9.02. The second kappa shape index (κ2) is 14.8. The van der Waals surface area contributed by atoms with Crippen molar-refractivity contribution in [2.75, 3.05) is 14.1 Å². The second-order valence-corrected chi connectivity index (χ2v) is 17.7. The summed E-state index contributed by atoms with van der Waals surface area (Å²) in [7, 11) is -3.02. The fraction of sp³-hybridized carbons (Fsp3) is 0.333. The van der Waals surface area contributed by atoms with Gasteiger partial charge in [-0.3, -0.25) is 4.55 Å². The molecule has 1 unspecified atom stereocenters. The fourth-order valence-electron chi connectivity index (χ4n) is 6.40. The van der Waals surface area contributed by atoms with E-state index in [1.54, 1.807) is 30.3 Å². The van der Waals surface area contributed by atoms with Crippen LogP contribution in [0.15, 0.2) is 88.2 Å². The highest BCUT2D eigenvalue weighted by Crippen LogP contribution is 2.52. The molecule has 2 aromatic carbocycles. The molecule has 51 heavy (non-hydrogen) atoms. The van der Waals surface area contributed by atoms with Gasteiger partial charge in [0.2, 0.25) is 27.3 Å². The molecule has 272 valence electrons. The Labute approximate surface area is 302 Å². The highest BCUT2D eigenvalue weighted by molar-refractivity contribution is 7.89. The van der Waals surface area contributed by atoms with E-state index in [0.717, 1.165) is 44.8 Å². The van der Waals surface area contributed by atoms with E-state index in [-0.39, 0.29) is 33.9 Å². The molecule has 3 N–H and O–H groups in total. The van der Waals surface area contributed by atoms with Crippen LogP contribution in [0.4, 0.5) is 0 Å². The first-order valence-corrected chi connectivity index (χ1v) is 20.0. The van der Waals surface area contributed by atoms with Crippen molar-refractivity contribution >= 4 is 53.7 Å². The minimum absolute atomic E-state index is 0.0344. The Morgan fingerprint density at radius 2 is 1.65 bits per heavy atom. The summed E-state index contributed by atoms with van der Waals surface area (Å²) in [4.78, 5) is 17.4. The number of nitrogens with zero attached hydrogens (tertiary/aromatic N) is 3. The number of aryl methyl sites for hydroxylation is 1. The number of sulfonamides is 1. The van der Waals surface area contributed by atoms with Crippen LogP contribution in [0.25, 0.3) is 16.3 Å². The summed E-state index contributed by atoms with van der Waals surface area (Å²) in [6.07, 6.45) is 12.6. The Morgan fingerprint density at radius 1 is 0.961 bits per heavy atom. The average Bonchev–Trinajstić information content (AvgIpc) is 3.63. The number of thiazole rings is 1. The van der Waals surface area contributed by atoms with Crippen LogP contribution in [-0.4, -0.2) is 60.7 Å². The van der Waals surface area contributed by atoms with Crippen LogP contribution >= 0.6 is 11.3 Å². The predicted octanol–water partition coefficient (Wildman–Crippen LogP) is 5.61. The van der Waals surface area contributed by atoms with E-state index in [0.29, 0.717) is 17.6 Å². The minimum Gasteiger partial charge on any atom is -0.492 e. The van der Waals surface area contributed by atoms with E-state index in [1.165, 1.54) is 47.9 Å². The molecular weight excluding hydrogens is 715 g/mol. The molecule has 2 aromatic heterocycles. The van der Waals surface area contributed by atoms with Gasteiger partial charge in [-0.25, -0.2) is 17.5 Å². The second-order valence-electron chi connectivity index (χ2n) is 13.1. The minimum atomic E-state index is -4.40. The third-order valence-corrected chi connectivity index (χ3v) is 13.0. The van der Waals surface area contributed by atoms with Gasteiger partial charge in [0.05, 0.1) is 9.79 Å². The molecule has 0 spiro atoms. The van der Waals surface area contributed by atoms with Crippen molar-refractivity contribution in [3.05, 3.63) is 94.5 Å². The lowest BCUT2D eigenvalue weighted by molar-refractivity contribution is -0.642. The SMILES string of the molecule is CN(C)S(=O)(=O)c1ccc2c(c1)sc(C=CC=CC=C1C(CCCCCC(=O)On3c(O)ccc3O)c3ccc(S(=O)(=O)O)cc3C1(C)C)[n+]2C. The highest BCUT2D eigenvalue weighted by Gasteiger charge is 2.41. The van der Waals surface area contributed by atoms with Gasteiger partial charge in [0.1, 0.15) is 11.7 Å². The maximum atomic E-state index is 12.6. The van der Waals surface area contributed by atoms with Gasteiger partial charge in [0.25, 0.3) is 15.1 Å². The molecule has 0 radical (unpaired) electrons. The Morgan fingerprint density at radius 3 is 2.31 bits per heavy atom. The number of aromatic nitrogens is 2. The van der Waals surface area contributed by atoms with Crippen molar-refractivity contribution < 1.29 is 45.8 Å².